The third-order valence-electron chi connectivity index (χ3n) is 4.86. The second-order valence-electron chi connectivity index (χ2n) is 6.49. The van der Waals surface area contributed by atoms with Crippen LogP contribution in [0.25, 0.3) is 0 Å². The second kappa shape index (κ2) is 6.07. The summed E-state index contributed by atoms with van der Waals surface area (Å²) in [4.78, 5) is 16.7. The molecule has 2 unspecified atom stereocenters. The van der Waals surface area contributed by atoms with Crippen molar-refractivity contribution in [1.82, 2.24) is 0 Å². The summed E-state index contributed by atoms with van der Waals surface area (Å²) in [6.45, 7) is 5.94. The second-order valence-corrected chi connectivity index (χ2v) is 6.49. The lowest BCUT2D eigenvalue weighted by atomic mass is 9.90. The number of aryl methyl sites for hydroxylation is 1. The molecular formula is C20H24N2O. The highest BCUT2D eigenvalue weighted by molar-refractivity contribution is 5.93. The number of nitrogens with zero attached hydrogens (tertiary/aromatic N) is 2. The van der Waals surface area contributed by atoms with Crippen LogP contribution in [0.3, 0.4) is 0 Å². The third-order valence-corrected chi connectivity index (χ3v) is 4.86. The fourth-order valence-corrected chi connectivity index (χ4v) is 3.47. The zero-order valence-electron chi connectivity index (χ0n) is 14.3. The summed E-state index contributed by atoms with van der Waals surface area (Å²) < 4.78 is 0. The molecule has 1 aliphatic rings. The summed E-state index contributed by atoms with van der Waals surface area (Å²) in [6.07, 6.45) is 0.932. The summed E-state index contributed by atoms with van der Waals surface area (Å²) in [7, 11) is 2.13. The number of hydrogen-bond acceptors (Lipinski definition) is 2. The average molecular weight is 308 g/mol. The van der Waals surface area contributed by atoms with Crippen LogP contribution in [0.1, 0.15) is 37.4 Å². The molecule has 3 rings (SSSR count). The highest BCUT2D eigenvalue weighted by Gasteiger charge is 2.33. The Labute approximate surface area is 138 Å². The van der Waals surface area contributed by atoms with Crippen LogP contribution in [-0.4, -0.2) is 19.0 Å². The quantitative estimate of drug-likeness (QED) is 0.825. The molecule has 0 saturated heterocycles. The molecule has 2 aromatic rings. The van der Waals surface area contributed by atoms with Gasteiger partial charge in [-0.25, -0.2) is 0 Å². The number of benzene rings is 2. The zero-order chi connectivity index (χ0) is 16.6. The summed E-state index contributed by atoms with van der Waals surface area (Å²) in [5, 5.41) is 0. The van der Waals surface area contributed by atoms with Crippen molar-refractivity contribution >= 4 is 17.3 Å². The number of hydrogen-bond donors (Lipinski definition) is 0. The van der Waals surface area contributed by atoms with E-state index in [-0.39, 0.29) is 11.9 Å². The van der Waals surface area contributed by atoms with E-state index >= 15 is 0 Å². The zero-order valence-corrected chi connectivity index (χ0v) is 14.3. The average Bonchev–Trinajstić information content (AvgIpc) is 2.54. The summed E-state index contributed by atoms with van der Waals surface area (Å²) in [6, 6.07) is 17.1. The normalized spacial score (nSPS) is 20.1. The molecule has 0 N–H and O–H groups in total. The van der Waals surface area contributed by atoms with Gasteiger partial charge in [-0.1, -0.05) is 35.9 Å². The Morgan fingerprint density at radius 2 is 1.78 bits per heavy atom. The van der Waals surface area contributed by atoms with Crippen LogP contribution in [0.4, 0.5) is 11.4 Å². The van der Waals surface area contributed by atoms with Gasteiger partial charge in [0.25, 0.3) is 0 Å². The molecule has 23 heavy (non-hydrogen) atoms. The lowest BCUT2D eigenvalue weighted by Crippen LogP contribution is -2.43. The Morgan fingerprint density at radius 1 is 1.13 bits per heavy atom. The predicted octanol–water partition coefficient (Wildman–Crippen LogP) is 4.32. The van der Waals surface area contributed by atoms with E-state index in [1.807, 2.05) is 17.0 Å². The van der Waals surface area contributed by atoms with Crippen molar-refractivity contribution in [3.63, 3.8) is 0 Å². The molecular weight excluding hydrogens is 284 g/mol. The van der Waals surface area contributed by atoms with E-state index < -0.39 is 0 Å². The Morgan fingerprint density at radius 3 is 2.43 bits per heavy atom. The minimum Gasteiger partial charge on any atom is -0.372 e. The molecule has 3 nitrogen and oxygen atoms in total. The van der Waals surface area contributed by atoms with E-state index in [9.17, 15) is 4.79 Å². The van der Waals surface area contributed by atoms with E-state index in [1.165, 1.54) is 16.8 Å². The van der Waals surface area contributed by atoms with Gasteiger partial charge < -0.3 is 9.80 Å². The lowest BCUT2D eigenvalue weighted by molar-refractivity contribution is -0.117. The maximum absolute atomic E-state index is 12.4. The van der Waals surface area contributed by atoms with E-state index in [4.69, 9.17) is 0 Å². The first-order valence-corrected chi connectivity index (χ1v) is 8.17. The number of rotatable bonds is 2. The molecule has 0 aromatic heterocycles. The first-order valence-electron chi connectivity index (χ1n) is 8.17. The number of carbonyl (C=O) groups is 1. The fourth-order valence-electron chi connectivity index (χ4n) is 3.47. The monoisotopic (exact) mass is 308 g/mol. The molecule has 2 atom stereocenters. The highest BCUT2D eigenvalue weighted by Crippen LogP contribution is 2.41. The first kappa shape index (κ1) is 15.6. The van der Waals surface area contributed by atoms with Gasteiger partial charge in [0.15, 0.2) is 0 Å². The van der Waals surface area contributed by atoms with E-state index in [2.05, 4.69) is 62.2 Å². The Kier molecular flexibility index (Phi) is 4.12. The topological polar surface area (TPSA) is 23.6 Å². The Bertz CT molecular complexity index is 708. The van der Waals surface area contributed by atoms with Crippen molar-refractivity contribution in [1.29, 1.82) is 0 Å². The maximum atomic E-state index is 12.4. The number of amides is 1. The molecule has 3 heteroatoms. The Balaban J connectivity index is 2.08. The number of anilines is 2. The fraction of sp³-hybridized carbons (Fsp3) is 0.350. The van der Waals surface area contributed by atoms with Gasteiger partial charge in [-0.15, -0.1) is 0 Å². The lowest BCUT2D eigenvalue weighted by Gasteiger charge is -2.42. The molecule has 2 aromatic carbocycles. The van der Waals surface area contributed by atoms with Gasteiger partial charge in [0, 0.05) is 31.4 Å². The van der Waals surface area contributed by atoms with E-state index in [1.54, 1.807) is 6.92 Å². The molecule has 0 saturated carbocycles. The minimum absolute atomic E-state index is 0.0811. The molecule has 0 aliphatic carbocycles. The van der Waals surface area contributed by atoms with Crippen molar-refractivity contribution < 1.29 is 4.79 Å². The van der Waals surface area contributed by atoms with Gasteiger partial charge in [-0.3, -0.25) is 4.79 Å². The summed E-state index contributed by atoms with van der Waals surface area (Å²) in [5.41, 5.74) is 4.62. The first-order chi connectivity index (χ1) is 11.0. The van der Waals surface area contributed by atoms with Gasteiger partial charge in [0.2, 0.25) is 5.91 Å². The third kappa shape index (κ3) is 2.83. The van der Waals surface area contributed by atoms with Gasteiger partial charge in [-0.2, -0.15) is 0 Å². The molecule has 0 fully saturated rings. The molecule has 0 radical (unpaired) electrons. The summed E-state index contributed by atoms with van der Waals surface area (Å²) in [5.74, 6) is 0.0883. The molecule has 1 aliphatic heterocycles. The summed E-state index contributed by atoms with van der Waals surface area (Å²) >= 11 is 0. The van der Waals surface area contributed by atoms with Crippen molar-refractivity contribution in [2.75, 3.05) is 16.8 Å². The smallest absolute Gasteiger partial charge is 0.224 e. The molecule has 0 bridgehead atoms. The number of fused-ring (bicyclic) bond motifs is 1. The van der Waals surface area contributed by atoms with E-state index in [0.717, 1.165) is 12.1 Å². The predicted molar refractivity (Wildman–Crippen MR) is 96.0 cm³/mol. The van der Waals surface area contributed by atoms with Crippen molar-refractivity contribution in [2.24, 2.45) is 0 Å². The van der Waals surface area contributed by atoms with Crippen LogP contribution in [0.15, 0.2) is 48.5 Å². The molecule has 1 heterocycles. The van der Waals surface area contributed by atoms with Crippen molar-refractivity contribution in [3.8, 4) is 0 Å². The largest absolute Gasteiger partial charge is 0.372 e. The van der Waals surface area contributed by atoms with E-state index in [0.29, 0.717) is 6.04 Å². The van der Waals surface area contributed by atoms with Crippen LogP contribution in [0, 0.1) is 6.92 Å². The number of para-hydroxylation sites is 1. The molecule has 120 valence electrons. The SMILES string of the molecule is CC(=O)N(c1ccc(C)cc1)C1CC(C)N(C)c2ccccc21. The minimum atomic E-state index is 0.0811. The van der Waals surface area contributed by atoms with Crippen LogP contribution in [-0.2, 0) is 4.79 Å². The van der Waals surface area contributed by atoms with Gasteiger partial charge in [0.05, 0.1) is 6.04 Å². The van der Waals surface area contributed by atoms with Crippen LogP contribution >= 0.6 is 0 Å². The van der Waals surface area contributed by atoms with Crippen LogP contribution < -0.4 is 9.80 Å². The Hall–Kier alpha value is -2.29. The van der Waals surface area contributed by atoms with Crippen LogP contribution in [0.5, 0.6) is 0 Å². The molecule has 0 spiro atoms. The van der Waals surface area contributed by atoms with Crippen molar-refractivity contribution in [2.45, 2.75) is 39.3 Å². The molecule has 1 amide bonds. The standard InChI is InChI=1S/C20H24N2O/c1-14-9-11-17(12-10-14)22(16(3)23)20-13-15(2)21(4)19-8-6-5-7-18(19)20/h5-12,15,20H,13H2,1-4H3. The van der Waals surface area contributed by atoms with Gasteiger partial charge in [-0.05, 0) is 44.0 Å². The van der Waals surface area contributed by atoms with Gasteiger partial charge >= 0.3 is 0 Å². The van der Waals surface area contributed by atoms with Gasteiger partial charge in [0.1, 0.15) is 0 Å². The van der Waals surface area contributed by atoms with Crippen LogP contribution in [0.2, 0.25) is 0 Å². The van der Waals surface area contributed by atoms with Crippen molar-refractivity contribution in [3.05, 3.63) is 59.7 Å². The maximum Gasteiger partial charge on any atom is 0.224 e. The highest BCUT2D eigenvalue weighted by atomic mass is 16.2. The number of carbonyl (C=O) groups excluding carboxylic acids is 1.